The average molecular weight is 478 g/mol. The van der Waals surface area contributed by atoms with Gasteiger partial charge in [0.2, 0.25) is 0 Å². The summed E-state index contributed by atoms with van der Waals surface area (Å²) in [6.07, 6.45) is 11.9. The van der Waals surface area contributed by atoms with Gasteiger partial charge in [-0.15, -0.1) is 0 Å². The molecule has 0 heterocycles. The van der Waals surface area contributed by atoms with E-state index in [0.717, 1.165) is 42.9 Å². The molecule has 0 atom stereocenters. The summed E-state index contributed by atoms with van der Waals surface area (Å²) in [5.41, 5.74) is 4.34. The molecule has 0 aliphatic heterocycles. The predicted molar refractivity (Wildman–Crippen MR) is 141 cm³/mol. The molecule has 0 aliphatic carbocycles. The van der Waals surface area contributed by atoms with Gasteiger partial charge < -0.3 is 12.7 Å². The Morgan fingerprint density at radius 3 is 2.00 bits per heavy atom. The van der Waals surface area contributed by atoms with Gasteiger partial charge in [-0.05, 0) is 29.7 Å². The minimum Gasteiger partial charge on any atom is -0.343 e. The van der Waals surface area contributed by atoms with Crippen LogP contribution in [-0.2, 0) is 14.3 Å². The van der Waals surface area contributed by atoms with Crippen molar-refractivity contribution in [3.05, 3.63) is 43.3 Å². The van der Waals surface area contributed by atoms with Crippen LogP contribution in [0.25, 0.3) is 10.8 Å². The van der Waals surface area contributed by atoms with Gasteiger partial charge in [0.15, 0.2) is 4.90 Å². The molecule has 33 heavy (non-hydrogen) atoms. The molecular weight excluding hydrogens is 430 g/mol. The largest absolute Gasteiger partial charge is 0.343 e. The molecule has 0 unspecified atom stereocenters. The molecule has 0 aromatic heterocycles. The quantitative estimate of drug-likeness (QED) is 0.174. The number of fused-ring (bicyclic) bond motifs is 1. The number of rotatable bonds is 14. The van der Waals surface area contributed by atoms with Crippen LogP contribution >= 0.6 is 0 Å². The third-order valence-electron chi connectivity index (χ3n) is 5.66. The normalized spacial score (nSPS) is 11.8. The van der Waals surface area contributed by atoms with Gasteiger partial charge in [0.05, 0.1) is 6.61 Å². The fourth-order valence-electron chi connectivity index (χ4n) is 3.73. The highest BCUT2D eigenvalue weighted by Gasteiger charge is 2.23. The van der Waals surface area contributed by atoms with Gasteiger partial charge in [-0.25, -0.2) is 0 Å². The van der Waals surface area contributed by atoms with Gasteiger partial charge >= 0.3 is 10.1 Å². The number of hydrogen-bond donors (Lipinski definition) is 1. The Balaban J connectivity index is 0.000000513. The summed E-state index contributed by atoms with van der Waals surface area (Å²) in [4.78, 5) is 0.195. The molecule has 0 aliphatic rings. The fourth-order valence-corrected chi connectivity index (χ4v) is 5.02. The maximum atomic E-state index is 12.6. The van der Waals surface area contributed by atoms with Gasteiger partial charge in [0, 0.05) is 11.5 Å². The van der Waals surface area contributed by atoms with Crippen molar-refractivity contribution in [1.82, 2.24) is 0 Å². The zero-order chi connectivity index (χ0) is 24.7. The van der Waals surface area contributed by atoms with Crippen LogP contribution in [0, 0.1) is 18.8 Å². The minimum absolute atomic E-state index is 0.195. The summed E-state index contributed by atoms with van der Waals surface area (Å²) in [6, 6.07) is 11.0. The van der Waals surface area contributed by atoms with E-state index < -0.39 is 10.1 Å². The Labute approximate surface area is 203 Å². The summed E-state index contributed by atoms with van der Waals surface area (Å²) >= 11 is 0. The molecule has 4 nitrogen and oxygen atoms in total. The summed E-state index contributed by atoms with van der Waals surface area (Å²) in [6.45, 7) is 13.0. The van der Waals surface area contributed by atoms with Crippen LogP contribution in [0.2, 0.25) is 0 Å². The van der Waals surface area contributed by atoms with Crippen LogP contribution in [0.1, 0.15) is 91.9 Å². The third kappa shape index (κ3) is 12.0. The van der Waals surface area contributed by atoms with E-state index in [1.165, 1.54) is 38.5 Å². The zero-order valence-corrected chi connectivity index (χ0v) is 22.3. The first-order valence-electron chi connectivity index (χ1n) is 12.7. The molecule has 2 aromatic carbocycles. The second-order valence-electron chi connectivity index (χ2n) is 9.74. The summed E-state index contributed by atoms with van der Waals surface area (Å²) in [5, 5.41) is 1.54. The van der Waals surface area contributed by atoms with E-state index in [4.69, 9.17) is 4.18 Å². The SMILES string of the molecule is CC(C)CCCCCCOS(=O)(=O)c1c([NH3+])ccc2ccccc12.[CH2-]CCCCCC(C)C. The lowest BCUT2D eigenvalue weighted by Gasteiger charge is -2.09. The minimum atomic E-state index is -3.79. The van der Waals surface area contributed by atoms with Gasteiger partial charge in [-0.2, -0.15) is 14.8 Å². The standard InChI is InChI=1S/C19H27NO3S.C9H19/c1-15(2)9-5-3-4-8-14-23-24(21,22)19-17-11-7-6-10-16(17)12-13-18(19)20;1-4-5-6-7-8-9(2)3/h6-7,10-13,15H,3-5,8-9,14,20H2,1-2H3;9H,1,4-8H2,2-3H3/q;-1/p+1. The Bertz CT molecular complexity index is 891. The van der Waals surface area contributed by atoms with E-state index in [-0.39, 0.29) is 11.5 Å². The maximum Gasteiger partial charge on any atom is 0.303 e. The van der Waals surface area contributed by atoms with Crippen molar-refractivity contribution in [1.29, 1.82) is 0 Å². The predicted octanol–water partition coefficient (Wildman–Crippen LogP) is 7.45. The number of benzene rings is 2. The highest BCUT2D eigenvalue weighted by atomic mass is 32.2. The van der Waals surface area contributed by atoms with Crippen molar-refractivity contribution >= 4 is 26.6 Å². The average Bonchev–Trinajstić information content (AvgIpc) is 2.76. The zero-order valence-electron chi connectivity index (χ0n) is 21.4. The molecule has 2 rings (SSSR count). The number of unbranched alkanes of at least 4 members (excludes halogenated alkanes) is 6. The molecular formula is C28H47NO3S. The second-order valence-corrected chi connectivity index (χ2v) is 11.3. The van der Waals surface area contributed by atoms with Gasteiger partial charge in [-0.1, -0.05) is 103 Å². The van der Waals surface area contributed by atoms with Gasteiger partial charge in [0.25, 0.3) is 0 Å². The second kappa shape index (κ2) is 16.2. The molecule has 0 saturated carbocycles. The molecule has 0 saturated heterocycles. The Kier molecular flexibility index (Phi) is 14.6. The first-order chi connectivity index (χ1) is 15.7. The molecule has 0 amide bonds. The van der Waals surface area contributed by atoms with E-state index in [0.29, 0.717) is 11.1 Å². The summed E-state index contributed by atoms with van der Waals surface area (Å²) < 4.78 is 30.4. The van der Waals surface area contributed by atoms with Gasteiger partial charge in [-0.3, -0.25) is 4.18 Å². The fraction of sp³-hybridized carbons (Fsp3) is 0.607. The van der Waals surface area contributed by atoms with E-state index in [1.807, 2.05) is 24.3 Å². The van der Waals surface area contributed by atoms with E-state index in [2.05, 4.69) is 40.4 Å². The molecule has 188 valence electrons. The molecule has 0 fully saturated rings. The van der Waals surface area contributed by atoms with Crippen LogP contribution in [0.5, 0.6) is 0 Å². The number of quaternary nitrogens is 1. The van der Waals surface area contributed by atoms with Crippen molar-refractivity contribution in [3.8, 4) is 0 Å². The monoisotopic (exact) mass is 477 g/mol. The first kappa shape index (κ1) is 29.6. The Morgan fingerprint density at radius 1 is 0.818 bits per heavy atom. The van der Waals surface area contributed by atoms with E-state index in [9.17, 15) is 8.42 Å². The summed E-state index contributed by atoms with van der Waals surface area (Å²) in [7, 11) is -3.79. The molecule has 5 heteroatoms. The van der Waals surface area contributed by atoms with Crippen LogP contribution < -0.4 is 5.73 Å². The lowest BCUT2D eigenvalue weighted by Crippen LogP contribution is -2.42. The van der Waals surface area contributed by atoms with Crippen molar-refractivity contribution in [2.24, 2.45) is 11.8 Å². The topological polar surface area (TPSA) is 71.0 Å². The lowest BCUT2D eigenvalue weighted by atomic mass is 10.0. The van der Waals surface area contributed by atoms with Gasteiger partial charge in [0.1, 0.15) is 5.69 Å². The Hall–Kier alpha value is -1.43. The molecule has 3 N–H and O–H groups in total. The lowest BCUT2D eigenvalue weighted by molar-refractivity contribution is -0.258. The first-order valence-corrected chi connectivity index (χ1v) is 14.1. The highest BCUT2D eigenvalue weighted by molar-refractivity contribution is 7.87. The van der Waals surface area contributed by atoms with Crippen molar-refractivity contribution in [2.45, 2.75) is 96.8 Å². The van der Waals surface area contributed by atoms with Crippen LogP contribution in [-0.4, -0.2) is 15.0 Å². The Morgan fingerprint density at radius 2 is 1.39 bits per heavy atom. The van der Waals surface area contributed by atoms with E-state index in [1.54, 1.807) is 12.1 Å². The van der Waals surface area contributed by atoms with Crippen molar-refractivity contribution in [3.63, 3.8) is 0 Å². The smallest absolute Gasteiger partial charge is 0.303 e. The highest BCUT2D eigenvalue weighted by Crippen LogP contribution is 2.29. The number of hydrogen-bond acceptors (Lipinski definition) is 3. The molecule has 0 spiro atoms. The van der Waals surface area contributed by atoms with E-state index >= 15 is 0 Å². The molecule has 0 radical (unpaired) electrons. The van der Waals surface area contributed by atoms with Crippen LogP contribution in [0.3, 0.4) is 0 Å². The summed E-state index contributed by atoms with van der Waals surface area (Å²) in [5.74, 6) is 1.61. The third-order valence-corrected chi connectivity index (χ3v) is 7.12. The molecule has 0 bridgehead atoms. The maximum absolute atomic E-state index is 12.6. The van der Waals surface area contributed by atoms with Crippen LogP contribution in [0.15, 0.2) is 41.3 Å². The van der Waals surface area contributed by atoms with Crippen LogP contribution in [0.4, 0.5) is 5.69 Å². The van der Waals surface area contributed by atoms with Crippen molar-refractivity contribution < 1.29 is 18.3 Å². The molecule has 2 aromatic rings. The van der Waals surface area contributed by atoms with Crippen molar-refractivity contribution in [2.75, 3.05) is 6.61 Å².